The van der Waals surface area contributed by atoms with Crippen molar-refractivity contribution < 1.29 is 12.6 Å². The van der Waals surface area contributed by atoms with Gasteiger partial charge in [0.25, 0.3) is 10.1 Å². The molecule has 0 aliphatic rings. The van der Waals surface area contributed by atoms with Crippen molar-refractivity contribution in [2.24, 2.45) is 0 Å². The largest absolute Gasteiger partial charge is 0.267 e. The summed E-state index contributed by atoms with van der Waals surface area (Å²) in [5.41, 5.74) is 1.24. The van der Waals surface area contributed by atoms with Gasteiger partial charge in [-0.05, 0) is 42.2 Å². The smallest absolute Gasteiger partial charge is 0.264 e. The molecule has 0 N–H and O–H groups in total. The van der Waals surface area contributed by atoms with Crippen LogP contribution < -0.4 is 0 Å². The van der Waals surface area contributed by atoms with E-state index >= 15 is 0 Å². The number of hydrogen-bond acceptors (Lipinski definition) is 4. The van der Waals surface area contributed by atoms with Gasteiger partial charge in [-0.2, -0.15) is 19.8 Å². The maximum Gasteiger partial charge on any atom is 0.264 e. The molecule has 1 rings (SSSR count). The highest BCUT2D eigenvalue weighted by Crippen LogP contribution is 2.11. The first kappa shape index (κ1) is 11.7. The molecule has 5 heteroatoms. The fourth-order valence-corrected chi connectivity index (χ4v) is 2.55. The fraction of sp³-hybridized carbons (Fsp3) is 0.556. The summed E-state index contributed by atoms with van der Waals surface area (Å²) in [6.45, 7) is 1.77. The van der Waals surface area contributed by atoms with E-state index in [0.717, 1.165) is 19.1 Å². The SMILES string of the molecule is CC(CCc1ccsc1)OS(C)(=O)=O. The van der Waals surface area contributed by atoms with E-state index in [1.807, 2.05) is 11.4 Å². The molecule has 0 saturated heterocycles. The van der Waals surface area contributed by atoms with E-state index in [1.165, 1.54) is 5.56 Å². The van der Waals surface area contributed by atoms with Gasteiger partial charge in [0, 0.05) is 0 Å². The molecule has 1 atom stereocenters. The predicted octanol–water partition coefficient (Wildman–Crippen LogP) is 2.05. The van der Waals surface area contributed by atoms with Gasteiger partial charge in [-0.15, -0.1) is 0 Å². The topological polar surface area (TPSA) is 43.4 Å². The Bertz CT molecular complexity index is 353. The Balaban J connectivity index is 2.32. The average molecular weight is 234 g/mol. The zero-order valence-corrected chi connectivity index (χ0v) is 9.90. The van der Waals surface area contributed by atoms with Crippen molar-refractivity contribution in [1.82, 2.24) is 0 Å². The van der Waals surface area contributed by atoms with Crippen molar-refractivity contribution in [1.29, 1.82) is 0 Å². The Kier molecular flexibility index (Phi) is 4.10. The monoisotopic (exact) mass is 234 g/mol. The molecule has 3 nitrogen and oxygen atoms in total. The summed E-state index contributed by atoms with van der Waals surface area (Å²) in [6.07, 6.45) is 2.42. The quantitative estimate of drug-likeness (QED) is 0.732. The molecule has 0 aliphatic heterocycles. The van der Waals surface area contributed by atoms with E-state index in [1.54, 1.807) is 18.3 Å². The lowest BCUT2D eigenvalue weighted by molar-refractivity contribution is 0.221. The highest BCUT2D eigenvalue weighted by molar-refractivity contribution is 7.86. The van der Waals surface area contributed by atoms with Gasteiger partial charge in [0.15, 0.2) is 0 Å². The predicted molar refractivity (Wildman–Crippen MR) is 58.0 cm³/mol. The van der Waals surface area contributed by atoms with Gasteiger partial charge in [0.2, 0.25) is 0 Å². The molecule has 0 saturated carbocycles. The van der Waals surface area contributed by atoms with Crippen LogP contribution in [0.1, 0.15) is 18.9 Å². The van der Waals surface area contributed by atoms with Gasteiger partial charge >= 0.3 is 0 Å². The minimum atomic E-state index is -3.31. The van der Waals surface area contributed by atoms with E-state index in [0.29, 0.717) is 0 Å². The van der Waals surface area contributed by atoms with Gasteiger partial charge in [-0.1, -0.05) is 0 Å². The summed E-state index contributed by atoms with van der Waals surface area (Å²) in [5.74, 6) is 0. The van der Waals surface area contributed by atoms with Crippen molar-refractivity contribution in [3.8, 4) is 0 Å². The van der Waals surface area contributed by atoms with Crippen molar-refractivity contribution in [3.63, 3.8) is 0 Å². The van der Waals surface area contributed by atoms with Crippen LogP contribution >= 0.6 is 11.3 Å². The van der Waals surface area contributed by atoms with Gasteiger partial charge in [0.1, 0.15) is 0 Å². The summed E-state index contributed by atoms with van der Waals surface area (Å²) in [4.78, 5) is 0. The lowest BCUT2D eigenvalue weighted by Gasteiger charge is -2.09. The highest BCUT2D eigenvalue weighted by Gasteiger charge is 2.09. The number of rotatable bonds is 5. The maximum atomic E-state index is 10.8. The summed E-state index contributed by atoms with van der Waals surface area (Å²) in [5, 5.41) is 4.07. The Morgan fingerprint density at radius 3 is 2.79 bits per heavy atom. The third-order valence-electron chi connectivity index (χ3n) is 1.76. The second kappa shape index (κ2) is 4.91. The molecule has 80 valence electrons. The molecule has 0 radical (unpaired) electrons. The summed E-state index contributed by atoms with van der Waals surface area (Å²) >= 11 is 1.65. The zero-order chi connectivity index (χ0) is 10.6. The van der Waals surface area contributed by atoms with Crippen LogP contribution in [0, 0.1) is 0 Å². The van der Waals surface area contributed by atoms with Crippen molar-refractivity contribution >= 4 is 21.5 Å². The molecule has 1 heterocycles. The second-order valence-corrected chi connectivity index (χ2v) is 5.66. The summed E-state index contributed by atoms with van der Waals surface area (Å²) < 4.78 is 26.4. The van der Waals surface area contributed by atoms with Crippen LogP contribution in [0.25, 0.3) is 0 Å². The first-order valence-corrected chi connectivity index (χ1v) is 7.12. The molecule has 0 spiro atoms. The van der Waals surface area contributed by atoms with E-state index in [9.17, 15) is 8.42 Å². The van der Waals surface area contributed by atoms with Crippen LogP contribution in [0.4, 0.5) is 0 Å². The maximum absolute atomic E-state index is 10.8. The molecule has 0 aromatic carbocycles. The van der Waals surface area contributed by atoms with Crippen LogP contribution in [0.3, 0.4) is 0 Å². The van der Waals surface area contributed by atoms with Gasteiger partial charge in [-0.25, -0.2) is 0 Å². The lowest BCUT2D eigenvalue weighted by atomic mass is 10.1. The Labute approximate surface area is 88.8 Å². The summed E-state index contributed by atoms with van der Waals surface area (Å²) in [6, 6.07) is 2.04. The average Bonchev–Trinajstić information content (AvgIpc) is 2.49. The van der Waals surface area contributed by atoms with Crippen LogP contribution in [0.15, 0.2) is 16.8 Å². The highest BCUT2D eigenvalue weighted by atomic mass is 32.2. The lowest BCUT2D eigenvalue weighted by Crippen LogP contribution is -2.14. The molecular formula is C9H14O3S2. The van der Waals surface area contributed by atoms with Crippen molar-refractivity contribution in [2.45, 2.75) is 25.9 Å². The van der Waals surface area contributed by atoms with Gasteiger partial charge < -0.3 is 0 Å². The molecule has 0 fully saturated rings. The van der Waals surface area contributed by atoms with Crippen LogP contribution in [0.5, 0.6) is 0 Å². The molecular weight excluding hydrogens is 220 g/mol. The van der Waals surface area contributed by atoms with E-state index in [4.69, 9.17) is 4.18 Å². The Hall–Kier alpha value is -0.390. The number of thiophene rings is 1. The zero-order valence-electron chi connectivity index (χ0n) is 8.26. The fourth-order valence-electron chi connectivity index (χ4n) is 1.15. The first-order chi connectivity index (χ1) is 6.47. The van der Waals surface area contributed by atoms with Crippen LogP contribution in [0.2, 0.25) is 0 Å². The minimum absolute atomic E-state index is 0.245. The Morgan fingerprint density at radius 1 is 1.57 bits per heavy atom. The third-order valence-corrected chi connectivity index (χ3v) is 3.17. The normalized spacial score (nSPS) is 14.1. The third kappa shape index (κ3) is 4.74. The molecule has 1 unspecified atom stereocenters. The van der Waals surface area contributed by atoms with Gasteiger partial charge in [-0.3, -0.25) is 4.18 Å². The van der Waals surface area contributed by atoms with Crippen molar-refractivity contribution in [2.75, 3.05) is 6.26 Å². The van der Waals surface area contributed by atoms with E-state index in [2.05, 4.69) is 5.38 Å². The minimum Gasteiger partial charge on any atom is -0.267 e. The van der Waals surface area contributed by atoms with Gasteiger partial charge in [0.05, 0.1) is 12.4 Å². The Morgan fingerprint density at radius 2 is 2.29 bits per heavy atom. The van der Waals surface area contributed by atoms with E-state index < -0.39 is 10.1 Å². The number of aryl methyl sites for hydroxylation is 1. The molecule has 0 bridgehead atoms. The number of hydrogen-bond donors (Lipinski definition) is 0. The second-order valence-electron chi connectivity index (χ2n) is 3.28. The molecule has 0 aliphatic carbocycles. The molecule has 0 amide bonds. The standard InChI is InChI=1S/C9H14O3S2/c1-8(12-14(2,10)11)3-4-9-5-6-13-7-9/h5-8H,3-4H2,1-2H3. The van der Waals surface area contributed by atoms with Crippen LogP contribution in [-0.2, 0) is 20.7 Å². The van der Waals surface area contributed by atoms with E-state index in [-0.39, 0.29) is 6.10 Å². The molecule has 14 heavy (non-hydrogen) atoms. The van der Waals surface area contributed by atoms with Crippen molar-refractivity contribution in [3.05, 3.63) is 22.4 Å². The first-order valence-electron chi connectivity index (χ1n) is 4.37. The molecule has 1 aromatic rings. The summed E-state index contributed by atoms with van der Waals surface area (Å²) in [7, 11) is -3.31. The van der Waals surface area contributed by atoms with Crippen LogP contribution in [-0.4, -0.2) is 20.8 Å². The molecule has 1 aromatic heterocycles.